The molecule has 3 heteroatoms. The van der Waals surface area contributed by atoms with E-state index in [1.165, 1.54) is 18.5 Å². The molecule has 0 radical (unpaired) electrons. The van der Waals surface area contributed by atoms with Gasteiger partial charge in [-0.05, 0) is 68.2 Å². The smallest absolute Gasteiger partial charge is 0.0759 e. The molecule has 1 heterocycles. The molecule has 25 heavy (non-hydrogen) atoms. The highest BCUT2D eigenvalue weighted by molar-refractivity contribution is 5.37. The molecule has 7 bridgehead atoms. The lowest BCUT2D eigenvalue weighted by atomic mass is 9.43. The molecule has 0 aromatic carbocycles. The predicted molar refractivity (Wildman–Crippen MR) is 96.8 cm³/mol. The summed E-state index contributed by atoms with van der Waals surface area (Å²) < 4.78 is 0. The lowest BCUT2D eigenvalue weighted by Gasteiger charge is -2.68. The van der Waals surface area contributed by atoms with Gasteiger partial charge in [-0.2, -0.15) is 0 Å². The molecule has 5 aliphatic carbocycles. The maximum Gasteiger partial charge on any atom is 0.0759 e. The second kappa shape index (κ2) is 4.36. The summed E-state index contributed by atoms with van der Waals surface area (Å²) in [5.74, 6) is 2.23. The van der Waals surface area contributed by atoms with Crippen LogP contribution in [-0.2, 0) is 0 Å². The van der Waals surface area contributed by atoms with Gasteiger partial charge in [0.2, 0.25) is 0 Å². The van der Waals surface area contributed by atoms with Crippen LogP contribution in [0, 0.1) is 40.4 Å². The van der Waals surface area contributed by atoms with Crippen LogP contribution in [0.15, 0.2) is 12.2 Å². The van der Waals surface area contributed by atoms with Crippen molar-refractivity contribution in [3.63, 3.8) is 0 Å². The van der Waals surface area contributed by atoms with Crippen molar-refractivity contribution in [3.8, 4) is 0 Å². The lowest BCUT2D eigenvalue weighted by molar-refractivity contribution is -0.245. The van der Waals surface area contributed by atoms with Crippen LogP contribution in [0.5, 0.6) is 0 Å². The summed E-state index contributed by atoms with van der Waals surface area (Å²) >= 11 is 0. The molecular weight excluding hydrogens is 310 g/mol. The van der Waals surface area contributed by atoms with Gasteiger partial charge in [0.1, 0.15) is 0 Å². The van der Waals surface area contributed by atoms with Gasteiger partial charge >= 0.3 is 0 Å². The van der Waals surface area contributed by atoms with Gasteiger partial charge < -0.3 is 10.2 Å². The molecule has 0 aromatic heterocycles. The third-order valence-corrected chi connectivity index (χ3v) is 10.3. The third kappa shape index (κ3) is 1.41. The van der Waals surface area contributed by atoms with Crippen molar-refractivity contribution in [1.82, 2.24) is 4.90 Å². The standard InChI is InChI=1S/C22H33NO2/c1-4-23-11-20(3)7-6-17(24)22-14-9-13-5-8-21(25,18(14)12(13)2)15(19(22)23)10-16(20)22/h13-19,24-25H,2,4-11H2,1,3H3. The van der Waals surface area contributed by atoms with E-state index >= 15 is 0 Å². The highest BCUT2D eigenvalue weighted by Gasteiger charge is 2.81. The highest BCUT2D eigenvalue weighted by Crippen LogP contribution is 2.79. The quantitative estimate of drug-likeness (QED) is 0.720. The monoisotopic (exact) mass is 343 g/mol. The van der Waals surface area contributed by atoms with Crippen molar-refractivity contribution in [1.29, 1.82) is 0 Å². The molecule has 5 saturated carbocycles. The zero-order valence-corrected chi connectivity index (χ0v) is 15.7. The number of rotatable bonds is 1. The predicted octanol–water partition coefficient (Wildman–Crippen LogP) is 2.82. The summed E-state index contributed by atoms with van der Waals surface area (Å²) in [4.78, 5) is 2.68. The van der Waals surface area contributed by atoms with Gasteiger partial charge in [0.05, 0.1) is 11.7 Å². The molecule has 138 valence electrons. The fourth-order valence-corrected chi connectivity index (χ4v) is 9.73. The first kappa shape index (κ1) is 15.7. The van der Waals surface area contributed by atoms with Crippen LogP contribution in [0.1, 0.15) is 52.4 Å². The molecule has 10 unspecified atom stereocenters. The van der Waals surface area contributed by atoms with Crippen molar-refractivity contribution in [2.75, 3.05) is 13.1 Å². The van der Waals surface area contributed by atoms with Crippen molar-refractivity contribution in [2.24, 2.45) is 40.4 Å². The molecule has 0 aromatic rings. The van der Waals surface area contributed by atoms with Gasteiger partial charge in [0.25, 0.3) is 0 Å². The van der Waals surface area contributed by atoms with E-state index in [0.717, 1.165) is 38.6 Å². The van der Waals surface area contributed by atoms with Crippen molar-refractivity contribution < 1.29 is 10.2 Å². The molecule has 1 saturated heterocycles. The van der Waals surface area contributed by atoms with Gasteiger partial charge in [-0.1, -0.05) is 26.0 Å². The summed E-state index contributed by atoms with van der Waals surface area (Å²) in [6.45, 7) is 11.5. The Kier molecular flexibility index (Phi) is 2.73. The van der Waals surface area contributed by atoms with E-state index in [0.29, 0.717) is 35.1 Å². The van der Waals surface area contributed by atoms with Crippen LogP contribution in [0.2, 0.25) is 0 Å². The van der Waals surface area contributed by atoms with E-state index in [-0.39, 0.29) is 17.4 Å². The average Bonchev–Trinajstić information content (AvgIpc) is 3.00. The lowest BCUT2D eigenvalue weighted by Crippen LogP contribution is -2.74. The Morgan fingerprint density at radius 1 is 1.20 bits per heavy atom. The first-order valence-corrected chi connectivity index (χ1v) is 10.7. The number of likely N-dealkylation sites (tertiary alicyclic amines) is 1. The first-order valence-electron chi connectivity index (χ1n) is 10.7. The fourth-order valence-electron chi connectivity index (χ4n) is 9.73. The van der Waals surface area contributed by atoms with Crippen molar-refractivity contribution in [3.05, 3.63) is 12.2 Å². The van der Waals surface area contributed by atoms with E-state index in [4.69, 9.17) is 0 Å². The van der Waals surface area contributed by atoms with Crippen LogP contribution in [0.25, 0.3) is 0 Å². The second-order valence-corrected chi connectivity index (χ2v) is 10.7. The third-order valence-electron chi connectivity index (χ3n) is 10.3. The largest absolute Gasteiger partial charge is 0.392 e. The molecule has 6 aliphatic rings. The number of hydrogen-bond acceptors (Lipinski definition) is 3. The Balaban J connectivity index is 1.63. The number of aliphatic hydroxyl groups excluding tert-OH is 1. The Morgan fingerprint density at radius 3 is 2.76 bits per heavy atom. The normalized spacial score (nSPS) is 64.6. The Morgan fingerprint density at radius 2 is 2.00 bits per heavy atom. The van der Waals surface area contributed by atoms with Crippen molar-refractivity contribution >= 4 is 0 Å². The maximum atomic E-state index is 12.0. The van der Waals surface area contributed by atoms with Gasteiger partial charge in [-0.3, -0.25) is 4.90 Å². The number of hydrogen-bond donors (Lipinski definition) is 2. The molecule has 0 amide bonds. The van der Waals surface area contributed by atoms with Crippen LogP contribution >= 0.6 is 0 Å². The molecule has 3 nitrogen and oxygen atoms in total. The molecular formula is C22H33NO2. The molecule has 6 rings (SSSR count). The van der Waals surface area contributed by atoms with Crippen LogP contribution in [-0.4, -0.2) is 45.9 Å². The average molecular weight is 344 g/mol. The summed E-state index contributed by atoms with van der Waals surface area (Å²) in [5, 5.41) is 23.5. The molecule has 1 aliphatic heterocycles. The van der Waals surface area contributed by atoms with Crippen LogP contribution < -0.4 is 0 Å². The summed E-state index contributed by atoms with van der Waals surface area (Å²) in [7, 11) is 0. The SMILES string of the molecule is C=C1C2CCC3(O)C4CC5C6(C)CCC(O)C5(C(C2)C13)C4N(CC)C6. The van der Waals surface area contributed by atoms with E-state index in [1.807, 2.05) is 0 Å². The number of piperidine rings is 1. The van der Waals surface area contributed by atoms with Crippen molar-refractivity contribution in [2.45, 2.75) is 70.1 Å². The Labute approximate surface area is 151 Å². The van der Waals surface area contributed by atoms with E-state index in [2.05, 4.69) is 25.3 Å². The maximum absolute atomic E-state index is 12.0. The van der Waals surface area contributed by atoms with E-state index in [1.54, 1.807) is 0 Å². The minimum atomic E-state index is -0.555. The summed E-state index contributed by atoms with van der Waals surface area (Å²) in [6, 6.07) is 0.391. The van der Waals surface area contributed by atoms with Gasteiger partial charge in [0.15, 0.2) is 0 Å². The van der Waals surface area contributed by atoms with Crippen LogP contribution in [0.4, 0.5) is 0 Å². The van der Waals surface area contributed by atoms with Crippen LogP contribution in [0.3, 0.4) is 0 Å². The zero-order valence-electron chi connectivity index (χ0n) is 15.7. The number of nitrogens with zero attached hydrogens (tertiary/aromatic N) is 1. The van der Waals surface area contributed by atoms with Gasteiger partial charge in [0, 0.05) is 29.8 Å². The Hall–Kier alpha value is -0.380. The minimum absolute atomic E-state index is 0.0187. The Bertz CT molecular complexity index is 662. The number of aliphatic hydroxyl groups is 2. The molecule has 1 spiro atoms. The summed E-state index contributed by atoms with van der Waals surface area (Å²) in [5.41, 5.74) is 1.12. The van der Waals surface area contributed by atoms with Gasteiger partial charge in [-0.25, -0.2) is 0 Å². The summed E-state index contributed by atoms with van der Waals surface area (Å²) in [6.07, 6.45) is 6.32. The molecule has 6 fully saturated rings. The minimum Gasteiger partial charge on any atom is -0.392 e. The number of fused-ring (bicyclic) bond motifs is 2. The topological polar surface area (TPSA) is 43.7 Å². The highest BCUT2D eigenvalue weighted by atomic mass is 16.3. The first-order chi connectivity index (χ1) is 11.9. The van der Waals surface area contributed by atoms with E-state index < -0.39 is 5.60 Å². The van der Waals surface area contributed by atoms with E-state index in [9.17, 15) is 10.2 Å². The molecule has 10 atom stereocenters. The fraction of sp³-hybridized carbons (Fsp3) is 0.909. The molecule has 2 N–H and O–H groups in total. The second-order valence-electron chi connectivity index (χ2n) is 10.7. The van der Waals surface area contributed by atoms with Gasteiger partial charge in [-0.15, -0.1) is 0 Å². The zero-order chi connectivity index (χ0) is 17.4.